The van der Waals surface area contributed by atoms with Crippen LogP contribution in [0.2, 0.25) is 0 Å². The zero-order chi connectivity index (χ0) is 20.6. The highest BCUT2D eigenvalue weighted by Gasteiger charge is 2.49. The van der Waals surface area contributed by atoms with Crippen molar-refractivity contribution >= 4 is 29.4 Å². The average molecular weight is 385 g/mol. The van der Waals surface area contributed by atoms with E-state index in [0.29, 0.717) is 12.1 Å². The molecule has 1 saturated heterocycles. The van der Waals surface area contributed by atoms with Gasteiger partial charge in [-0.15, -0.1) is 0 Å². The molecule has 7 heteroatoms. The summed E-state index contributed by atoms with van der Waals surface area (Å²) in [6, 6.07) is 2.95. The number of imide groups is 2. The highest BCUT2D eigenvalue weighted by atomic mass is 16.2. The molecule has 0 bridgehead atoms. The van der Waals surface area contributed by atoms with Gasteiger partial charge in [0, 0.05) is 11.7 Å². The van der Waals surface area contributed by atoms with E-state index >= 15 is 0 Å². The third-order valence-corrected chi connectivity index (χ3v) is 5.72. The Morgan fingerprint density at radius 3 is 2.25 bits per heavy atom. The van der Waals surface area contributed by atoms with Crippen molar-refractivity contribution < 1.29 is 19.2 Å². The van der Waals surface area contributed by atoms with Crippen LogP contribution >= 0.6 is 0 Å². The summed E-state index contributed by atoms with van der Waals surface area (Å²) in [5.41, 5.74) is 3.55. The standard InChI is InChI=1S/C21H27N3O4/c1-12-9-14(3)18(15(4)10-12)22-17(25)11-23-19(26)20(27)24(21(23)28)16-8-6-5-7-13(16)2/h9-10,13,16H,5-8,11H2,1-4H3,(H,22,25)/t13-,16-/m0/s1. The minimum atomic E-state index is -0.921. The second-order valence-electron chi connectivity index (χ2n) is 8.00. The molecule has 1 heterocycles. The maximum Gasteiger partial charge on any atom is 0.334 e. The van der Waals surface area contributed by atoms with E-state index < -0.39 is 30.3 Å². The number of hydrogen-bond donors (Lipinski definition) is 1. The van der Waals surface area contributed by atoms with Crippen LogP contribution in [0.25, 0.3) is 0 Å². The zero-order valence-corrected chi connectivity index (χ0v) is 16.9. The Morgan fingerprint density at radius 2 is 1.64 bits per heavy atom. The molecule has 0 spiro atoms. The topological polar surface area (TPSA) is 86.8 Å². The Morgan fingerprint density at radius 1 is 1.04 bits per heavy atom. The lowest BCUT2D eigenvalue weighted by Gasteiger charge is -2.34. The highest BCUT2D eigenvalue weighted by Crippen LogP contribution is 2.31. The van der Waals surface area contributed by atoms with E-state index in [-0.39, 0.29) is 12.0 Å². The largest absolute Gasteiger partial charge is 0.334 e. The molecule has 1 aromatic carbocycles. The molecule has 1 aromatic rings. The second-order valence-corrected chi connectivity index (χ2v) is 8.00. The first-order valence-corrected chi connectivity index (χ1v) is 9.77. The molecule has 1 aliphatic heterocycles. The SMILES string of the molecule is Cc1cc(C)c(NC(=O)CN2C(=O)C(=O)N([C@H]3CCCC[C@@H]3C)C2=O)c(C)c1. The van der Waals surface area contributed by atoms with Gasteiger partial charge in [-0.05, 0) is 50.7 Å². The van der Waals surface area contributed by atoms with Crippen LogP contribution < -0.4 is 5.32 Å². The number of benzene rings is 1. The van der Waals surface area contributed by atoms with Crippen molar-refractivity contribution in [1.29, 1.82) is 0 Å². The first-order chi connectivity index (χ1) is 13.2. The van der Waals surface area contributed by atoms with Crippen LogP contribution in [-0.2, 0) is 14.4 Å². The maximum absolute atomic E-state index is 12.8. The molecule has 1 aliphatic carbocycles. The van der Waals surface area contributed by atoms with Crippen molar-refractivity contribution in [2.75, 3.05) is 11.9 Å². The number of nitrogens with zero attached hydrogens (tertiary/aromatic N) is 2. The molecule has 2 fully saturated rings. The number of rotatable bonds is 4. The van der Waals surface area contributed by atoms with Gasteiger partial charge in [0.25, 0.3) is 0 Å². The van der Waals surface area contributed by atoms with Crippen LogP contribution in [0.15, 0.2) is 12.1 Å². The third kappa shape index (κ3) is 3.66. The van der Waals surface area contributed by atoms with Crippen LogP contribution in [0.5, 0.6) is 0 Å². The van der Waals surface area contributed by atoms with E-state index in [9.17, 15) is 19.2 Å². The number of aryl methyl sites for hydroxylation is 3. The molecular weight excluding hydrogens is 358 g/mol. The van der Waals surface area contributed by atoms with Crippen LogP contribution in [0, 0.1) is 26.7 Å². The molecule has 2 atom stereocenters. The fraction of sp³-hybridized carbons (Fsp3) is 0.524. The first-order valence-electron chi connectivity index (χ1n) is 9.77. The fourth-order valence-electron chi connectivity index (χ4n) is 4.33. The number of urea groups is 1. The number of nitrogens with one attached hydrogen (secondary N) is 1. The lowest BCUT2D eigenvalue weighted by atomic mass is 9.85. The summed E-state index contributed by atoms with van der Waals surface area (Å²) in [5.74, 6) is -2.08. The third-order valence-electron chi connectivity index (χ3n) is 5.72. The molecule has 3 rings (SSSR count). The summed E-state index contributed by atoms with van der Waals surface area (Å²) in [6.07, 6.45) is 3.60. The number of amides is 5. The van der Waals surface area contributed by atoms with Crippen LogP contribution in [0.3, 0.4) is 0 Å². The molecule has 0 unspecified atom stereocenters. The predicted octanol–water partition coefficient (Wildman–Crippen LogP) is 2.92. The predicted molar refractivity (Wildman–Crippen MR) is 105 cm³/mol. The van der Waals surface area contributed by atoms with E-state index in [1.165, 1.54) is 0 Å². The smallest absolute Gasteiger partial charge is 0.324 e. The lowest BCUT2D eigenvalue weighted by molar-refractivity contribution is -0.145. The summed E-state index contributed by atoms with van der Waals surface area (Å²) < 4.78 is 0. The quantitative estimate of drug-likeness (QED) is 0.638. The molecular formula is C21H27N3O4. The Balaban J connectivity index is 1.73. The minimum absolute atomic E-state index is 0.154. The van der Waals surface area contributed by atoms with Crippen LogP contribution in [-0.4, -0.2) is 46.1 Å². The minimum Gasteiger partial charge on any atom is -0.324 e. The van der Waals surface area contributed by atoms with Crippen molar-refractivity contribution in [2.45, 2.75) is 59.4 Å². The summed E-state index contributed by atoms with van der Waals surface area (Å²) >= 11 is 0. The summed E-state index contributed by atoms with van der Waals surface area (Å²) in [7, 11) is 0. The summed E-state index contributed by atoms with van der Waals surface area (Å²) in [6.45, 7) is 7.27. The van der Waals surface area contributed by atoms with Crippen molar-refractivity contribution in [2.24, 2.45) is 5.92 Å². The normalized spacial score (nSPS) is 22.8. The highest BCUT2D eigenvalue weighted by molar-refractivity contribution is 6.45. The lowest BCUT2D eigenvalue weighted by Crippen LogP contribution is -2.46. The fourth-order valence-corrected chi connectivity index (χ4v) is 4.33. The van der Waals surface area contributed by atoms with E-state index in [0.717, 1.165) is 45.8 Å². The maximum atomic E-state index is 12.8. The average Bonchev–Trinajstić information content (AvgIpc) is 2.82. The van der Waals surface area contributed by atoms with Crippen molar-refractivity contribution in [3.8, 4) is 0 Å². The van der Waals surface area contributed by atoms with Crippen LogP contribution in [0.1, 0.15) is 49.3 Å². The van der Waals surface area contributed by atoms with E-state index in [1.807, 2.05) is 39.8 Å². The van der Waals surface area contributed by atoms with Crippen molar-refractivity contribution in [3.63, 3.8) is 0 Å². The van der Waals surface area contributed by atoms with Gasteiger partial charge in [-0.1, -0.05) is 37.5 Å². The zero-order valence-electron chi connectivity index (χ0n) is 16.9. The molecule has 5 amide bonds. The van der Waals surface area contributed by atoms with Gasteiger partial charge in [0.2, 0.25) is 5.91 Å². The van der Waals surface area contributed by atoms with Gasteiger partial charge in [0.05, 0.1) is 0 Å². The Bertz CT molecular complexity index is 825. The van der Waals surface area contributed by atoms with Gasteiger partial charge in [-0.3, -0.25) is 19.3 Å². The van der Waals surface area contributed by atoms with Gasteiger partial charge < -0.3 is 5.32 Å². The Hall–Kier alpha value is -2.70. The van der Waals surface area contributed by atoms with E-state index in [2.05, 4.69) is 5.32 Å². The molecule has 0 radical (unpaired) electrons. The molecule has 28 heavy (non-hydrogen) atoms. The Labute approximate surface area is 165 Å². The number of hydrogen-bond acceptors (Lipinski definition) is 4. The summed E-state index contributed by atoms with van der Waals surface area (Å²) in [5, 5.41) is 2.78. The second kappa shape index (κ2) is 7.73. The summed E-state index contributed by atoms with van der Waals surface area (Å²) in [4.78, 5) is 51.9. The van der Waals surface area contributed by atoms with Gasteiger partial charge in [-0.25, -0.2) is 9.69 Å². The van der Waals surface area contributed by atoms with Gasteiger partial charge in [-0.2, -0.15) is 0 Å². The number of anilines is 1. The molecule has 1 N–H and O–H groups in total. The molecule has 150 valence electrons. The van der Waals surface area contributed by atoms with E-state index in [4.69, 9.17) is 0 Å². The molecule has 7 nitrogen and oxygen atoms in total. The van der Waals surface area contributed by atoms with Crippen molar-refractivity contribution in [3.05, 3.63) is 28.8 Å². The molecule has 0 aromatic heterocycles. The molecule has 1 saturated carbocycles. The number of carbonyl (C=O) groups excluding carboxylic acids is 4. The first kappa shape index (κ1) is 20.0. The van der Waals surface area contributed by atoms with Gasteiger partial charge in [0.1, 0.15) is 6.54 Å². The van der Waals surface area contributed by atoms with Crippen LogP contribution in [0.4, 0.5) is 10.5 Å². The van der Waals surface area contributed by atoms with E-state index in [1.54, 1.807) is 0 Å². The number of carbonyl (C=O) groups is 4. The van der Waals surface area contributed by atoms with Crippen molar-refractivity contribution in [1.82, 2.24) is 9.80 Å². The monoisotopic (exact) mass is 385 g/mol. The van der Waals surface area contributed by atoms with Gasteiger partial charge in [0.15, 0.2) is 0 Å². The Kier molecular flexibility index (Phi) is 5.54. The van der Waals surface area contributed by atoms with Gasteiger partial charge >= 0.3 is 17.8 Å². The molecule has 2 aliphatic rings.